The van der Waals surface area contributed by atoms with Crippen molar-refractivity contribution < 1.29 is 14.4 Å². The number of allylic oxidation sites excluding steroid dienone is 2. The molecule has 2 aromatic carbocycles. The topological polar surface area (TPSA) is 66.5 Å². The highest BCUT2D eigenvalue weighted by Crippen LogP contribution is 2.39. The molecule has 0 spiro atoms. The number of amides is 3. The lowest BCUT2D eigenvalue weighted by Gasteiger charge is -2.18. The van der Waals surface area contributed by atoms with Crippen LogP contribution in [-0.4, -0.2) is 17.7 Å². The van der Waals surface area contributed by atoms with Gasteiger partial charge in [0.15, 0.2) is 0 Å². The van der Waals surface area contributed by atoms with E-state index in [1.54, 1.807) is 42.5 Å². The molecule has 4 rings (SSSR count). The van der Waals surface area contributed by atoms with Crippen LogP contribution in [0.1, 0.15) is 30.1 Å². The van der Waals surface area contributed by atoms with Crippen LogP contribution in [0.4, 0.5) is 11.4 Å². The summed E-state index contributed by atoms with van der Waals surface area (Å²) in [4.78, 5) is 39.3. The molecule has 0 saturated carbocycles. The van der Waals surface area contributed by atoms with Crippen molar-refractivity contribution in [3.63, 3.8) is 0 Å². The molecule has 148 valence electrons. The predicted molar refractivity (Wildman–Crippen MR) is 113 cm³/mol. The number of nitrogens with zero attached hydrogens (tertiary/aromatic N) is 1. The highest BCUT2D eigenvalue weighted by molar-refractivity contribution is 6.42. The number of fused-ring (bicyclic) bond motifs is 1. The third kappa shape index (κ3) is 3.68. The number of hydrogen-bond acceptors (Lipinski definition) is 3. The predicted octanol–water partition coefficient (Wildman–Crippen LogP) is 5.09. The van der Waals surface area contributed by atoms with Crippen molar-refractivity contribution in [1.82, 2.24) is 0 Å². The number of imide groups is 1. The Labute approximate surface area is 178 Å². The highest BCUT2D eigenvalue weighted by atomic mass is 35.5. The van der Waals surface area contributed by atoms with Crippen molar-refractivity contribution in [2.45, 2.75) is 19.8 Å². The average Bonchev–Trinajstić information content (AvgIpc) is 2.94. The highest BCUT2D eigenvalue weighted by Gasteiger charge is 2.48. The van der Waals surface area contributed by atoms with E-state index in [9.17, 15) is 14.4 Å². The van der Waals surface area contributed by atoms with E-state index >= 15 is 0 Å². The normalized spacial score (nSPS) is 21.1. The van der Waals surface area contributed by atoms with Crippen LogP contribution >= 0.6 is 23.2 Å². The van der Waals surface area contributed by atoms with Crippen LogP contribution in [0.5, 0.6) is 0 Å². The number of carbonyl (C=O) groups is 3. The van der Waals surface area contributed by atoms with E-state index in [1.807, 2.05) is 13.0 Å². The molecule has 2 aliphatic rings. The Balaban J connectivity index is 1.50. The molecule has 7 heteroatoms. The van der Waals surface area contributed by atoms with Crippen molar-refractivity contribution in [3.05, 3.63) is 69.7 Å². The molecule has 1 saturated heterocycles. The second-order valence-corrected chi connectivity index (χ2v) is 8.16. The Hall–Kier alpha value is -2.63. The van der Waals surface area contributed by atoms with E-state index in [2.05, 4.69) is 5.32 Å². The van der Waals surface area contributed by atoms with Crippen LogP contribution in [0, 0.1) is 11.8 Å². The van der Waals surface area contributed by atoms with E-state index in [0.29, 0.717) is 39.8 Å². The Morgan fingerprint density at radius 2 is 1.69 bits per heavy atom. The summed E-state index contributed by atoms with van der Waals surface area (Å²) in [5.41, 5.74) is 2.54. The van der Waals surface area contributed by atoms with Gasteiger partial charge >= 0.3 is 0 Å². The van der Waals surface area contributed by atoms with Crippen molar-refractivity contribution in [2.24, 2.45) is 11.8 Å². The van der Waals surface area contributed by atoms with Gasteiger partial charge in [-0.15, -0.1) is 0 Å². The molecule has 1 aliphatic carbocycles. The Kier molecular flexibility index (Phi) is 5.19. The minimum Gasteiger partial charge on any atom is -0.322 e. The lowest BCUT2D eigenvalue weighted by Crippen LogP contribution is -2.30. The van der Waals surface area contributed by atoms with Gasteiger partial charge in [-0.1, -0.05) is 34.9 Å². The van der Waals surface area contributed by atoms with Crippen molar-refractivity contribution in [1.29, 1.82) is 0 Å². The zero-order valence-electron chi connectivity index (χ0n) is 15.6. The molecule has 0 unspecified atom stereocenters. The number of rotatable bonds is 3. The molecule has 2 aromatic rings. The first-order valence-corrected chi connectivity index (χ1v) is 10.0. The third-order valence-electron chi connectivity index (χ3n) is 5.39. The Morgan fingerprint density at radius 3 is 2.38 bits per heavy atom. The van der Waals surface area contributed by atoms with E-state index in [4.69, 9.17) is 23.2 Å². The maximum atomic E-state index is 12.8. The summed E-state index contributed by atoms with van der Waals surface area (Å²) in [5, 5.41) is 3.49. The van der Waals surface area contributed by atoms with Crippen LogP contribution in [-0.2, 0) is 9.59 Å². The summed E-state index contributed by atoms with van der Waals surface area (Å²) >= 11 is 11.9. The zero-order valence-corrected chi connectivity index (χ0v) is 17.1. The summed E-state index contributed by atoms with van der Waals surface area (Å²) in [5.74, 6) is -1.24. The monoisotopic (exact) mass is 428 g/mol. The summed E-state index contributed by atoms with van der Waals surface area (Å²) < 4.78 is 0. The molecule has 29 heavy (non-hydrogen) atoms. The fraction of sp³-hybridized carbons (Fsp3) is 0.227. The van der Waals surface area contributed by atoms with Gasteiger partial charge in [0.2, 0.25) is 11.8 Å². The number of anilines is 2. The maximum Gasteiger partial charge on any atom is 0.255 e. The van der Waals surface area contributed by atoms with E-state index in [-0.39, 0.29) is 29.6 Å². The second-order valence-electron chi connectivity index (χ2n) is 7.35. The molecule has 0 radical (unpaired) electrons. The number of hydrogen-bond donors (Lipinski definition) is 1. The van der Waals surface area contributed by atoms with Gasteiger partial charge in [-0.3, -0.25) is 19.3 Å². The van der Waals surface area contributed by atoms with Crippen molar-refractivity contribution >= 4 is 52.3 Å². The van der Waals surface area contributed by atoms with Crippen LogP contribution in [0.15, 0.2) is 54.1 Å². The molecule has 5 nitrogen and oxygen atoms in total. The summed E-state index contributed by atoms with van der Waals surface area (Å²) in [6, 6.07) is 11.2. The van der Waals surface area contributed by atoms with Crippen LogP contribution in [0.2, 0.25) is 10.0 Å². The van der Waals surface area contributed by atoms with Crippen molar-refractivity contribution in [2.75, 3.05) is 10.2 Å². The molecule has 1 N–H and O–H groups in total. The van der Waals surface area contributed by atoms with Gasteiger partial charge in [-0.2, -0.15) is 0 Å². The zero-order chi connectivity index (χ0) is 20.7. The minimum atomic E-state index is -0.331. The lowest BCUT2D eigenvalue weighted by atomic mass is 9.82. The first-order valence-electron chi connectivity index (χ1n) is 9.25. The molecule has 1 aliphatic heterocycles. The van der Waals surface area contributed by atoms with Gasteiger partial charge < -0.3 is 5.32 Å². The van der Waals surface area contributed by atoms with Gasteiger partial charge in [0, 0.05) is 11.3 Å². The average molecular weight is 429 g/mol. The Morgan fingerprint density at radius 1 is 1.00 bits per heavy atom. The number of halogens is 2. The largest absolute Gasteiger partial charge is 0.322 e. The van der Waals surface area contributed by atoms with E-state index < -0.39 is 0 Å². The number of nitrogens with one attached hydrogen (secondary N) is 1. The summed E-state index contributed by atoms with van der Waals surface area (Å²) in [6.07, 6.45) is 3.25. The molecule has 3 amide bonds. The van der Waals surface area contributed by atoms with Crippen molar-refractivity contribution in [3.8, 4) is 0 Å². The van der Waals surface area contributed by atoms with E-state index in [0.717, 1.165) is 5.57 Å². The molecule has 0 bridgehead atoms. The van der Waals surface area contributed by atoms with Gasteiger partial charge in [0.1, 0.15) is 0 Å². The van der Waals surface area contributed by atoms with Crippen LogP contribution in [0.3, 0.4) is 0 Å². The van der Waals surface area contributed by atoms with Gasteiger partial charge in [-0.05, 0) is 62.2 Å². The molecule has 1 heterocycles. The fourth-order valence-corrected chi connectivity index (χ4v) is 4.13. The maximum absolute atomic E-state index is 12.8. The fourth-order valence-electron chi connectivity index (χ4n) is 3.83. The van der Waals surface area contributed by atoms with Gasteiger partial charge in [0.05, 0.1) is 27.6 Å². The number of carbonyl (C=O) groups excluding carboxylic acids is 3. The molecule has 2 atom stereocenters. The van der Waals surface area contributed by atoms with Crippen LogP contribution in [0.25, 0.3) is 0 Å². The first kappa shape index (κ1) is 19.7. The number of benzene rings is 2. The lowest BCUT2D eigenvalue weighted by molar-refractivity contribution is -0.122. The SMILES string of the molecule is CC1=CC[C@@H]2C(=O)N(c3ccc(C(=O)Nc4ccc(Cl)c(Cl)c4)cc3)C(=O)[C@H]2C1. The van der Waals surface area contributed by atoms with Gasteiger partial charge in [0.25, 0.3) is 5.91 Å². The standard InChI is InChI=1S/C22H18Cl2N2O3/c1-12-2-8-16-17(10-12)22(29)26(21(16)28)15-6-3-13(4-7-15)20(27)25-14-5-9-18(23)19(24)11-14/h2-7,9,11,16-17H,8,10H2,1H3,(H,25,27)/t16-,17-/m0/s1. The summed E-state index contributed by atoms with van der Waals surface area (Å²) in [6.45, 7) is 1.98. The first-order chi connectivity index (χ1) is 13.8. The second kappa shape index (κ2) is 7.65. The van der Waals surface area contributed by atoms with Gasteiger partial charge in [-0.25, -0.2) is 0 Å². The Bertz CT molecular complexity index is 1050. The summed E-state index contributed by atoms with van der Waals surface area (Å²) in [7, 11) is 0. The third-order valence-corrected chi connectivity index (χ3v) is 6.13. The molecular weight excluding hydrogens is 411 g/mol. The smallest absolute Gasteiger partial charge is 0.255 e. The minimum absolute atomic E-state index is 0.166. The molecular formula is C22H18Cl2N2O3. The molecule has 0 aromatic heterocycles. The van der Waals surface area contributed by atoms with Crippen LogP contribution < -0.4 is 10.2 Å². The van der Waals surface area contributed by atoms with E-state index in [1.165, 1.54) is 4.90 Å². The molecule has 1 fully saturated rings. The quantitative estimate of drug-likeness (QED) is 0.546.